The lowest BCUT2D eigenvalue weighted by molar-refractivity contribution is 0.0556. The molecular formula is C16H12ClNO2. The van der Waals surface area contributed by atoms with Gasteiger partial charge in [0, 0.05) is 22.6 Å². The molecule has 4 heteroatoms. The number of ketones is 1. The number of oxime groups is 1. The molecule has 1 aliphatic heterocycles. The molecule has 100 valence electrons. The van der Waals surface area contributed by atoms with Gasteiger partial charge in [0.1, 0.15) is 0 Å². The van der Waals surface area contributed by atoms with Crippen LogP contribution in [0.4, 0.5) is 0 Å². The summed E-state index contributed by atoms with van der Waals surface area (Å²) in [7, 11) is 0. The summed E-state index contributed by atoms with van der Waals surface area (Å²) < 4.78 is 0. The topological polar surface area (TPSA) is 38.7 Å². The number of halogens is 1. The van der Waals surface area contributed by atoms with Crippen LogP contribution in [0, 0.1) is 0 Å². The lowest BCUT2D eigenvalue weighted by atomic mass is 9.99. The van der Waals surface area contributed by atoms with Gasteiger partial charge in [-0.15, -0.1) is 0 Å². The van der Waals surface area contributed by atoms with Crippen molar-refractivity contribution in [3.63, 3.8) is 0 Å². The van der Waals surface area contributed by atoms with Crippen molar-refractivity contribution in [2.75, 3.05) is 0 Å². The maximum Gasteiger partial charge on any atom is 0.206 e. The van der Waals surface area contributed by atoms with Gasteiger partial charge >= 0.3 is 0 Å². The minimum absolute atomic E-state index is 0.0496. The third-order valence-electron chi connectivity index (χ3n) is 3.18. The van der Waals surface area contributed by atoms with Crippen molar-refractivity contribution in [1.82, 2.24) is 0 Å². The van der Waals surface area contributed by atoms with Crippen molar-refractivity contribution < 1.29 is 9.63 Å². The van der Waals surface area contributed by atoms with Gasteiger partial charge in [0.2, 0.25) is 5.78 Å². The fourth-order valence-corrected chi connectivity index (χ4v) is 2.34. The van der Waals surface area contributed by atoms with Gasteiger partial charge in [0.15, 0.2) is 6.10 Å². The van der Waals surface area contributed by atoms with Crippen LogP contribution in [0.1, 0.15) is 22.3 Å². The second-order valence-electron chi connectivity index (χ2n) is 4.58. The zero-order valence-electron chi connectivity index (χ0n) is 10.6. The second kappa shape index (κ2) is 5.47. The summed E-state index contributed by atoms with van der Waals surface area (Å²) in [6.07, 6.45) is -0.0833. The molecule has 3 rings (SSSR count). The lowest BCUT2D eigenvalue weighted by Crippen LogP contribution is -2.21. The largest absolute Gasteiger partial charge is 0.383 e. The molecule has 0 spiro atoms. The highest BCUT2D eigenvalue weighted by Gasteiger charge is 2.29. The van der Waals surface area contributed by atoms with E-state index in [0.29, 0.717) is 17.0 Å². The van der Waals surface area contributed by atoms with E-state index in [-0.39, 0.29) is 5.78 Å². The highest BCUT2D eigenvalue weighted by Crippen LogP contribution is 2.21. The minimum Gasteiger partial charge on any atom is -0.383 e. The van der Waals surface area contributed by atoms with E-state index in [9.17, 15) is 4.79 Å². The van der Waals surface area contributed by atoms with E-state index in [1.54, 1.807) is 18.2 Å². The van der Waals surface area contributed by atoms with Gasteiger partial charge in [0.25, 0.3) is 0 Å². The maximum atomic E-state index is 12.3. The maximum absolute atomic E-state index is 12.3. The molecule has 0 saturated heterocycles. The molecule has 1 atom stereocenters. The van der Waals surface area contributed by atoms with Crippen molar-refractivity contribution in [3.05, 3.63) is 70.7 Å². The molecule has 1 aliphatic rings. The number of carbonyl (C=O) groups excluding carboxylic acids is 1. The first-order valence-corrected chi connectivity index (χ1v) is 6.70. The SMILES string of the molecule is O=C(c1ccccc1)C1CC(c2cccc(Cl)c2)=NO1. The third kappa shape index (κ3) is 2.58. The number of nitrogens with zero attached hydrogens (tertiary/aromatic N) is 1. The Morgan fingerprint density at radius 3 is 2.70 bits per heavy atom. The van der Waals surface area contributed by atoms with Gasteiger partial charge < -0.3 is 4.84 Å². The molecule has 1 heterocycles. The van der Waals surface area contributed by atoms with Crippen molar-refractivity contribution in [3.8, 4) is 0 Å². The van der Waals surface area contributed by atoms with E-state index < -0.39 is 6.10 Å². The van der Waals surface area contributed by atoms with Crippen LogP contribution < -0.4 is 0 Å². The number of carbonyl (C=O) groups is 1. The average molecular weight is 286 g/mol. The Kier molecular flexibility index (Phi) is 3.52. The minimum atomic E-state index is -0.550. The molecule has 0 radical (unpaired) electrons. The summed E-state index contributed by atoms with van der Waals surface area (Å²) in [6.45, 7) is 0. The van der Waals surface area contributed by atoms with Crippen molar-refractivity contribution >= 4 is 23.1 Å². The summed E-state index contributed by atoms with van der Waals surface area (Å²) in [5, 5.41) is 4.65. The van der Waals surface area contributed by atoms with Gasteiger partial charge in [0.05, 0.1) is 5.71 Å². The number of benzene rings is 2. The molecule has 0 aromatic heterocycles. The smallest absolute Gasteiger partial charge is 0.206 e. The van der Waals surface area contributed by atoms with E-state index >= 15 is 0 Å². The van der Waals surface area contributed by atoms with Gasteiger partial charge in [-0.2, -0.15) is 0 Å². The molecule has 2 aromatic rings. The van der Waals surface area contributed by atoms with Crippen LogP contribution >= 0.6 is 11.6 Å². The van der Waals surface area contributed by atoms with Crippen LogP contribution in [0.2, 0.25) is 5.02 Å². The Labute approximate surface area is 121 Å². The molecule has 0 N–H and O–H groups in total. The fraction of sp³-hybridized carbons (Fsp3) is 0.125. The van der Waals surface area contributed by atoms with E-state index in [1.807, 2.05) is 36.4 Å². The van der Waals surface area contributed by atoms with Crippen LogP contribution in [0.5, 0.6) is 0 Å². The van der Waals surface area contributed by atoms with Gasteiger partial charge in [-0.1, -0.05) is 59.2 Å². The fourth-order valence-electron chi connectivity index (χ4n) is 2.14. The summed E-state index contributed by atoms with van der Waals surface area (Å²) in [5.41, 5.74) is 2.28. The molecule has 0 aliphatic carbocycles. The van der Waals surface area contributed by atoms with Gasteiger partial charge in [-0.25, -0.2) is 0 Å². The summed E-state index contributed by atoms with van der Waals surface area (Å²) in [5.74, 6) is -0.0496. The Hall–Kier alpha value is -2.13. The zero-order chi connectivity index (χ0) is 13.9. The number of rotatable bonds is 3. The molecule has 0 bridgehead atoms. The van der Waals surface area contributed by atoms with E-state index in [0.717, 1.165) is 11.3 Å². The van der Waals surface area contributed by atoms with Crippen molar-refractivity contribution in [2.24, 2.45) is 5.16 Å². The first-order chi connectivity index (χ1) is 9.74. The summed E-state index contributed by atoms with van der Waals surface area (Å²) >= 11 is 5.96. The molecule has 20 heavy (non-hydrogen) atoms. The first kappa shape index (κ1) is 12.9. The Bertz CT molecular complexity index is 667. The predicted molar refractivity (Wildman–Crippen MR) is 78.3 cm³/mol. The van der Waals surface area contributed by atoms with Crippen LogP contribution in [0.25, 0.3) is 0 Å². The average Bonchev–Trinajstić information content (AvgIpc) is 2.97. The molecule has 0 saturated carbocycles. The van der Waals surface area contributed by atoms with Crippen molar-refractivity contribution in [1.29, 1.82) is 0 Å². The monoisotopic (exact) mass is 285 g/mol. The molecule has 2 aromatic carbocycles. The van der Waals surface area contributed by atoms with E-state index in [2.05, 4.69) is 5.16 Å². The highest BCUT2D eigenvalue weighted by molar-refractivity contribution is 6.31. The summed E-state index contributed by atoms with van der Waals surface area (Å²) in [4.78, 5) is 17.5. The van der Waals surface area contributed by atoms with Crippen molar-refractivity contribution in [2.45, 2.75) is 12.5 Å². The lowest BCUT2D eigenvalue weighted by Gasteiger charge is -2.06. The summed E-state index contributed by atoms with van der Waals surface area (Å²) in [6, 6.07) is 16.5. The van der Waals surface area contributed by atoms with Crippen LogP contribution in [-0.2, 0) is 4.84 Å². The van der Waals surface area contributed by atoms with Gasteiger partial charge in [-0.3, -0.25) is 4.79 Å². The number of Topliss-reactive ketones (excluding diaryl/α,β-unsaturated/α-hetero) is 1. The number of hydrogen-bond acceptors (Lipinski definition) is 3. The van der Waals surface area contributed by atoms with Crippen LogP contribution in [0.3, 0.4) is 0 Å². The first-order valence-electron chi connectivity index (χ1n) is 6.32. The molecular weight excluding hydrogens is 274 g/mol. The standard InChI is InChI=1S/C16H12ClNO2/c17-13-8-4-7-12(9-13)14-10-15(20-18-14)16(19)11-5-2-1-3-6-11/h1-9,15H,10H2. The highest BCUT2D eigenvalue weighted by atomic mass is 35.5. The number of hydrogen-bond donors (Lipinski definition) is 0. The quantitative estimate of drug-likeness (QED) is 0.806. The van der Waals surface area contributed by atoms with E-state index in [4.69, 9.17) is 16.4 Å². The molecule has 1 unspecified atom stereocenters. The Balaban J connectivity index is 1.75. The Morgan fingerprint density at radius 1 is 1.15 bits per heavy atom. The van der Waals surface area contributed by atoms with E-state index in [1.165, 1.54) is 0 Å². The molecule has 0 amide bonds. The van der Waals surface area contributed by atoms with Crippen LogP contribution in [0.15, 0.2) is 59.8 Å². The molecule has 3 nitrogen and oxygen atoms in total. The second-order valence-corrected chi connectivity index (χ2v) is 5.01. The third-order valence-corrected chi connectivity index (χ3v) is 3.41. The zero-order valence-corrected chi connectivity index (χ0v) is 11.4. The van der Waals surface area contributed by atoms with Gasteiger partial charge in [-0.05, 0) is 12.1 Å². The normalized spacial score (nSPS) is 17.4. The van der Waals surface area contributed by atoms with Crippen LogP contribution in [-0.4, -0.2) is 17.6 Å². The molecule has 0 fully saturated rings. The predicted octanol–water partition coefficient (Wildman–Crippen LogP) is 3.72. The Morgan fingerprint density at radius 2 is 1.95 bits per heavy atom.